The number of likely N-dealkylation sites (tertiary alicyclic amines) is 1. The SMILES string of the molecule is C[C@@H]1[C@H](C(=O)O)CCCN1C(=O)CSc1cccc(Br)c1. The van der Waals surface area contributed by atoms with Crippen molar-refractivity contribution in [2.24, 2.45) is 5.92 Å². The zero-order chi connectivity index (χ0) is 15.4. The highest BCUT2D eigenvalue weighted by Gasteiger charge is 2.35. The molecular formula is C15H18BrNO3S. The Morgan fingerprint density at radius 2 is 2.24 bits per heavy atom. The van der Waals surface area contributed by atoms with E-state index in [9.17, 15) is 14.7 Å². The summed E-state index contributed by atoms with van der Waals surface area (Å²) in [6.45, 7) is 2.49. The van der Waals surface area contributed by atoms with Crippen molar-refractivity contribution in [1.82, 2.24) is 4.90 Å². The summed E-state index contributed by atoms with van der Waals surface area (Å²) in [5.41, 5.74) is 0. The molecule has 2 atom stereocenters. The Bertz CT molecular complexity index is 537. The number of nitrogens with zero attached hydrogens (tertiary/aromatic N) is 1. The summed E-state index contributed by atoms with van der Waals surface area (Å²) >= 11 is 4.88. The van der Waals surface area contributed by atoms with Crippen LogP contribution in [0.15, 0.2) is 33.6 Å². The fourth-order valence-electron chi connectivity index (χ4n) is 2.61. The number of benzene rings is 1. The Morgan fingerprint density at radius 1 is 1.48 bits per heavy atom. The van der Waals surface area contributed by atoms with Gasteiger partial charge in [0.15, 0.2) is 0 Å². The van der Waals surface area contributed by atoms with Gasteiger partial charge in [-0.2, -0.15) is 0 Å². The number of hydrogen-bond donors (Lipinski definition) is 1. The van der Waals surface area contributed by atoms with Gasteiger partial charge in [-0.05, 0) is 38.0 Å². The molecule has 1 aromatic rings. The second kappa shape index (κ2) is 7.31. The van der Waals surface area contributed by atoms with Crippen molar-refractivity contribution in [2.75, 3.05) is 12.3 Å². The average Bonchev–Trinajstić information content (AvgIpc) is 2.45. The largest absolute Gasteiger partial charge is 0.481 e. The highest BCUT2D eigenvalue weighted by atomic mass is 79.9. The first-order chi connectivity index (χ1) is 9.99. The van der Waals surface area contributed by atoms with Crippen LogP contribution in [0.3, 0.4) is 0 Å². The number of amides is 1. The van der Waals surface area contributed by atoms with Crippen molar-refractivity contribution in [3.63, 3.8) is 0 Å². The Hall–Kier alpha value is -1.01. The van der Waals surface area contributed by atoms with Crippen molar-refractivity contribution < 1.29 is 14.7 Å². The first-order valence-electron chi connectivity index (χ1n) is 6.89. The fraction of sp³-hybridized carbons (Fsp3) is 0.467. The topological polar surface area (TPSA) is 57.6 Å². The van der Waals surface area contributed by atoms with E-state index in [1.165, 1.54) is 11.8 Å². The van der Waals surface area contributed by atoms with Crippen LogP contribution in [0.2, 0.25) is 0 Å². The molecule has 0 radical (unpaired) electrons. The molecule has 1 heterocycles. The van der Waals surface area contributed by atoms with Gasteiger partial charge in [0, 0.05) is 22.0 Å². The third-order valence-electron chi connectivity index (χ3n) is 3.78. The third-order valence-corrected chi connectivity index (χ3v) is 5.26. The predicted octanol–water partition coefficient (Wildman–Crippen LogP) is 3.25. The number of carbonyl (C=O) groups excluding carboxylic acids is 1. The second-order valence-corrected chi connectivity index (χ2v) is 7.13. The Kier molecular flexibility index (Phi) is 5.70. The fourth-order valence-corrected chi connectivity index (χ4v) is 4.00. The number of aliphatic carboxylic acids is 1. The molecule has 1 fully saturated rings. The number of thioether (sulfide) groups is 1. The van der Waals surface area contributed by atoms with Gasteiger partial charge in [-0.15, -0.1) is 11.8 Å². The molecule has 0 aromatic heterocycles. The highest BCUT2D eigenvalue weighted by Crippen LogP contribution is 2.26. The van der Waals surface area contributed by atoms with E-state index in [2.05, 4.69) is 15.9 Å². The molecule has 1 aliphatic heterocycles. The van der Waals surface area contributed by atoms with Crippen molar-refractivity contribution in [3.05, 3.63) is 28.7 Å². The van der Waals surface area contributed by atoms with Gasteiger partial charge in [0.25, 0.3) is 0 Å². The monoisotopic (exact) mass is 371 g/mol. The minimum Gasteiger partial charge on any atom is -0.481 e. The molecule has 1 N–H and O–H groups in total. The van der Waals surface area contributed by atoms with Crippen molar-refractivity contribution >= 4 is 39.6 Å². The molecule has 0 saturated carbocycles. The minimum absolute atomic E-state index is 0.0124. The van der Waals surface area contributed by atoms with Gasteiger partial charge < -0.3 is 10.0 Å². The van der Waals surface area contributed by atoms with Gasteiger partial charge in [-0.3, -0.25) is 9.59 Å². The maximum absolute atomic E-state index is 12.3. The lowest BCUT2D eigenvalue weighted by atomic mass is 9.90. The van der Waals surface area contributed by atoms with Crippen LogP contribution in [-0.2, 0) is 9.59 Å². The van der Waals surface area contributed by atoms with E-state index < -0.39 is 11.9 Å². The maximum Gasteiger partial charge on any atom is 0.308 e. The zero-order valence-electron chi connectivity index (χ0n) is 11.8. The van der Waals surface area contributed by atoms with Gasteiger partial charge in [0.1, 0.15) is 0 Å². The molecule has 2 rings (SSSR count). The minimum atomic E-state index is -0.806. The Balaban J connectivity index is 1.95. The zero-order valence-corrected chi connectivity index (χ0v) is 14.2. The maximum atomic E-state index is 12.3. The van der Waals surface area contributed by atoms with Gasteiger partial charge in [-0.1, -0.05) is 22.0 Å². The van der Waals surface area contributed by atoms with Crippen LogP contribution in [0.25, 0.3) is 0 Å². The number of carboxylic acids is 1. The number of carboxylic acid groups (broad SMARTS) is 1. The molecule has 0 bridgehead atoms. The highest BCUT2D eigenvalue weighted by molar-refractivity contribution is 9.10. The lowest BCUT2D eigenvalue weighted by molar-refractivity contribution is -0.148. The molecule has 21 heavy (non-hydrogen) atoms. The predicted molar refractivity (Wildman–Crippen MR) is 86.4 cm³/mol. The van der Waals surface area contributed by atoms with Crippen LogP contribution in [0.5, 0.6) is 0 Å². The summed E-state index contributed by atoms with van der Waals surface area (Å²) in [7, 11) is 0. The van der Waals surface area contributed by atoms with Crippen molar-refractivity contribution in [1.29, 1.82) is 0 Å². The first kappa shape index (κ1) is 16.4. The first-order valence-corrected chi connectivity index (χ1v) is 8.67. The van der Waals surface area contributed by atoms with Crippen LogP contribution in [0, 0.1) is 5.92 Å². The molecule has 0 unspecified atom stereocenters. The molecule has 0 spiro atoms. The summed E-state index contributed by atoms with van der Waals surface area (Å²) < 4.78 is 0.984. The van der Waals surface area contributed by atoms with Gasteiger partial charge in [-0.25, -0.2) is 0 Å². The van der Waals surface area contributed by atoms with Crippen LogP contribution < -0.4 is 0 Å². The summed E-state index contributed by atoms with van der Waals surface area (Å²) in [4.78, 5) is 26.3. The Labute approximate surface area is 137 Å². The number of rotatable bonds is 4. The van der Waals surface area contributed by atoms with Crippen LogP contribution in [0.4, 0.5) is 0 Å². The molecule has 4 nitrogen and oxygen atoms in total. The standard InChI is InChI=1S/C15H18BrNO3S/c1-10-13(15(19)20)6-3-7-17(10)14(18)9-21-12-5-2-4-11(16)8-12/h2,4-5,8,10,13H,3,6-7,9H2,1H3,(H,19,20)/t10-,13-/m1/s1. The number of carbonyl (C=O) groups is 2. The number of hydrogen-bond acceptors (Lipinski definition) is 3. The number of piperidine rings is 1. The smallest absolute Gasteiger partial charge is 0.308 e. The van der Waals surface area contributed by atoms with Gasteiger partial charge in [0.05, 0.1) is 11.7 Å². The van der Waals surface area contributed by atoms with E-state index in [4.69, 9.17) is 0 Å². The molecule has 1 aromatic carbocycles. The summed E-state index contributed by atoms with van der Waals surface area (Å²) in [5.74, 6) is -0.899. The molecule has 1 saturated heterocycles. The lowest BCUT2D eigenvalue weighted by Gasteiger charge is -2.37. The molecular weight excluding hydrogens is 354 g/mol. The molecule has 114 valence electrons. The summed E-state index contributed by atoms with van der Waals surface area (Å²) in [6, 6.07) is 7.57. The normalized spacial score (nSPS) is 22.1. The second-order valence-electron chi connectivity index (χ2n) is 5.16. The molecule has 1 aliphatic rings. The quantitative estimate of drug-likeness (QED) is 0.825. The third kappa shape index (κ3) is 4.23. The molecule has 0 aliphatic carbocycles. The number of halogens is 1. The van der Waals surface area contributed by atoms with E-state index in [0.717, 1.165) is 15.8 Å². The van der Waals surface area contributed by atoms with Crippen molar-refractivity contribution in [2.45, 2.75) is 30.7 Å². The Morgan fingerprint density at radius 3 is 2.90 bits per heavy atom. The summed E-state index contributed by atoms with van der Waals surface area (Å²) in [6.07, 6.45) is 1.41. The van der Waals surface area contributed by atoms with Gasteiger partial charge >= 0.3 is 5.97 Å². The van der Waals surface area contributed by atoms with E-state index in [-0.39, 0.29) is 11.9 Å². The van der Waals surface area contributed by atoms with Crippen LogP contribution >= 0.6 is 27.7 Å². The van der Waals surface area contributed by atoms with E-state index >= 15 is 0 Å². The molecule has 6 heteroatoms. The van der Waals surface area contributed by atoms with Crippen LogP contribution in [-0.4, -0.2) is 40.2 Å². The average molecular weight is 372 g/mol. The lowest BCUT2D eigenvalue weighted by Crippen LogP contribution is -2.49. The van der Waals surface area contributed by atoms with Crippen LogP contribution in [0.1, 0.15) is 19.8 Å². The van der Waals surface area contributed by atoms with E-state index in [1.54, 1.807) is 4.90 Å². The van der Waals surface area contributed by atoms with E-state index in [0.29, 0.717) is 18.7 Å². The molecule has 1 amide bonds. The van der Waals surface area contributed by atoms with Gasteiger partial charge in [0.2, 0.25) is 5.91 Å². The van der Waals surface area contributed by atoms with E-state index in [1.807, 2.05) is 31.2 Å². The van der Waals surface area contributed by atoms with Crippen molar-refractivity contribution in [3.8, 4) is 0 Å². The summed E-state index contributed by atoms with van der Waals surface area (Å²) in [5, 5.41) is 9.20.